The molecule has 3 rings (SSSR count). The van der Waals surface area contributed by atoms with Crippen molar-refractivity contribution in [2.45, 2.75) is 39.0 Å². The lowest BCUT2D eigenvalue weighted by molar-refractivity contribution is 0.668. The molecule has 0 N–H and O–H groups in total. The molecule has 0 aliphatic rings. The summed E-state index contributed by atoms with van der Waals surface area (Å²) in [6.07, 6.45) is 6.58. The quantitative estimate of drug-likeness (QED) is 0.441. The number of hydrogen-bond donors (Lipinski definition) is 0. The normalized spacial score (nSPS) is 11.2. The van der Waals surface area contributed by atoms with E-state index in [0.717, 1.165) is 0 Å². The molecule has 104 valence electrons. The summed E-state index contributed by atoms with van der Waals surface area (Å²) in [6.45, 7) is 2.27. The van der Waals surface area contributed by atoms with Gasteiger partial charge in [0.25, 0.3) is 0 Å². The fourth-order valence-corrected chi connectivity index (χ4v) is 4.84. The molecular formula is C18H20S2. The number of hydrogen-bond acceptors (Lipinski definition) is 2. The Morgan fingerprint density at radius 2 is 1.80 bits per heavy atom. The van der Waals surface area contributed by atoms with E-state index in [1.165, 1.54) is 52.6 Å². The first-order valence-corrected chi connectivity index (χ1v) is 9.19. The molecule has 2 heteroatoms. The Morgan fingerprint density at radius 1 is 0.900 bits per heavy atom. The first-order chi connectivity index (χ1) is 9.90. The fraction of sp³-hybridized carbons (Fsp3) is 0.333. The minimum absolute atomic E-state index is 1.23. The van der Waals surface area contributed by atoms with Gasteiger partial charge in [-0.15, -0.1) is 22.7 Å². The molecule has 0 atom stereocenters. The van der Waals surface area contributed by atoms with Gasteiger partial charge in [-0.2, -0.15) is 0 Å². The fourth-order valence-electron chi connectivity index (χ4n) is 2.64. The molecule has 0 saturated heterocycles. The van der Waals surface area contributed by atoms with Crippen LogP contribution in [0.4, 0.5) is 0 Å². The van der Waals surface area contributed by atoms with Gasteiger partial charge in [0.2, 0.25) is 0 Å². The lowest BCUT2D eigenvalue weighted by Crippen LogP contribution is -1.85. The maximum absolute atomic E-state index is 2.32. The van der Waals surface area contributed by atoms with Crippen LogP contribution in [0.25, 0.3) is 20.5 Å². The van der Waals surface area contributed by atoms with Gasteiger partial charge < -0.3 is 0 Å². The lowest BCUT2D eigenvalue weighted by Gasteiger charge is -2.03. The van der Waals surface area contributed by atoms with Crippen LogP contribution in [0.2, 0.25) is 0 Å². The lowest BCUT2D eigenvalue weighted by atomic mass is 10.1. The monoisotopic (exact) mass is 300 g/mol. The molecule has 20 heavy (non-hydrogen) atoms. The van der Waals surface area contributed by atoms with Gasteiger partial charge in [-0.3, -0.25) is 0 Å². The summed E-state index contributed by atoms with van der Waals surface area (Å²) in [5.74, 6) is 0. The number of rotatable bonds is 6. The Balaban J connectivity index is 1.85. The van der Waals surface area contributed by atoms with Crippen molar-refractivity contribution in [3.8, 4) is 9.75 Å². The number of aryl methyl sites for hydroxylation is 1. The Bertz CT molecular complexity index is 675. The van der Waals surface area contributed by atoms with Gasteiger partial charge in [-0.1, -0.05) is 50.5 Å². The van der Waals surface area contributed by atoms with Gasteiger partial charge in [-0.05, 0) is 40.6 Å². The van der Waals surface area contributed by atoms with E-state index < -0.39 is 0 Å². The number of benzene rings is 1. The third-order valence-electron chi connectivity index (χ3n) is 3.76. The smallest absolute Gasteiger partial charge is 0.0523 e. The van der Waals surface area contributed by atoms with E-state index in [1.54, 1.807) is 5.56 Å². The van der Waals surface area contributed by atoms with E-state index >= 15 is 0 Å². The molecule has 0 spiro atoms. The van der Waals surface area contributed by atoms with Gasteiger partial charge in [-0.25, -0.2) is 0 Å². The van der Waals surface area contributed by atoms with Crippen molar-refractivity contribution < 1.29 is 0 Å². The second-order valence-electron chi connectivity index (χ2n) is 5.24. The van der Waals surface area contributed by atoms with E-state index in [1.807, 2.05) is 22.7 Å². The third-order valence-corrected chi connectivity index (χ3v) is 5.90. The van der Waals surface area contributed by atoms with Crippen LogP contribution in [0.1, 0.15) is 38.2 Å². The second-order valence-corrected chi connectivity index (χ2v) is 7.03. The third kappa shape index (κ3) is 2.82. The molecule has 0 bridgehead atoms. The summed E-state index contributed by atoms with van der Waals surface area (Å²) >= 11 is 3.79. The molecule has 2 heterocycles. The SMILES string of the molecule is CCCCCCc1ccsc1-c1scc2ccccc12. The van der Waals surface area contributed by atoms with Crippen molar-refractivity contribution in [1.29, 1.82) is 0 Å². The predicted molar refractivity (Wildman–Crippen MR) is 93.0 cm³/mol. The van der Waals surface area contributed by atoms with Crippen LogP contribution in [0.3, 0.4) is 0 Å². The number of fused-ring (bicyclic) bond motifs is 1. The highest BCUT2D eigenvalue weighted by atomic mass is 32.1. The van der Waals surface area contributed by atoms with Crippen LogP contribution >= 0.6 is 22.7 Å². The maximum atomic E-state index is 2.32. The zero-order valence-electron chi connectivity index (χ0n) is 11.9. The van der Waals surface area contributed by atoms with Gasteiger partial charge in [0.1, 0.15) is 0 Å². The topological polar surface area (TPSA) is 0 Å². The van der Waals surface area contributed by atoms with Gasteiger partial charge in [0.15, 0.2) is 0 Å². The van der Waals surface area contributed by atoms with Crippen LogP contribution in [-0.2, 0) is 6.42 Å². The van der Waals surface area contributed by atoms with Crippen molar-refractivity contribution in [3.05, 3.63) is 46.7 Å². The zero-order chi connectivity index (χ0) is 13.8. The highest BCUT2D eigenvalue weighted by molar-refractivity contribution is 7.21. The van der Waals surface area contributed by atoms with Crippen LogP contribution in [-0.4, -0.2) is 0 Å². The summed E-state index contributed by atoms with van der Waals surface area (Å²) in [7, 11) is 0. The van der Waals surface area contributed by atoms with E-state index in [0.29, 0.717) is 0 Å². The highest BCUT2D eigenvalue weighted by Crippen LogP contribution is 2.40. The summed E-state index contributed by atoms with van der Waals surface area (Å²) < 4.78 is 0. The Hall–Kier alpha value is -1.12. The largest absolute Gasteiger partial charge is 0.143 e. The van der Waals surface area contributed by atoms with Gasteiger partial charge >= 0.3 is 0 Å². The summed E-state index contributed by atoms with van der Waals surface area (Å²) in [6, 6.07) is 11.1. The molecule has 3 aromatic rings. The van der Waals surface area contributed by atoms with Gasteiger partial charge in [0.05, 0.1) is 4.88 Å². The van der Waals surface area contributed by atoms with E-state index in [4.69, 9.17) is 0 Å². The Morgan fingerprint density at radius 3 is 2.70 bits per heavy atom. The number of unbranched alkanes of at least 4 members (excludes halogenated alkanes) is 3. The van der Waals surface area contributed by atoms with E-state index in [9.17, 15) is 0 Å². The summed E-state index contributed by atoms with van der Waals surface area (Å²) in [5, 5.41) is 7.32. The van der Waals surface area contributed by atoms with Gasteiger partial charge in [0, 0.05) is 10.3 Å². The average molecular weight is 300 g/mol. The molecule has 0 radical (unpaired) electrons. The second kappa shape index (κ2) is 6.55. The standard InChI is InChI=1S/C18H20S2/c1-2-3-4-5-8-14-11-12-19-17(14)18-16-10-7-6-9-15(16)13-20-18/h6-7,9-13H,2-5,8H2,1H3. The maximum Gasteiger partial charge on any atom is 0.0523 e. The average Bonchev–Trinajstić information content (AvgIpc) is 3.09. The minimum atomic E-state index is 1.23. The molecule has 0 amide bonds. The Labute approximate surface area is 129 Å². The van der Waals surface area contributed by atoms with Crippen molar-refractivity contribution >= 4 is 33.4 Å². The number of thiophene rings is 2. The molecule has 0 aliphatic carbocycles. The predicted octanol–water partition coefficient (Wildman–Crippen LogP) is 6.75. The molecule has 0 fully saturated rings. The molecular weight excluding hydrogens is 280 g/mol. The molecule has 2 aromatic heterocycles. The van der Waals surface area contributed by atoms with Crippen LogP contribution in [0, 0.1) is 0 Å². The molecule has 0 saturated carbocycles. The first kappa shape index (κ1) is 13.8. The summed E-state index contributed by atoms with van der Waals surface area (Å²) in [5.41, 5.74) is 1.54. The van der Waals surface area contributed by atoms with Crippen LogP contribution in [0.15, 0.2) is 41.1 Å². The minimum Gasteiger partial charge on any atom is -0.143 e. The zero-order valence-corrected chi connectivity index (χ0v) is 13.5. The molecule has 0 nitrogen and oxygen atoms in total. The van der Waals surface area contributed by atoms with E-state index in [-0.39, 0.29) is 0 Å². The van der Waals surface area contributed by atoms with Crippen LogP contribution < -0.4 is 0 Å². The van der Waals surface area contributed by atoms with Crippen molar-refractivity contribution in [1.82, 2.24) is 0 Å². The molecule has 0 aliphatic heterocycles. The summed E-state index contributed by atoms with van der Waals surface area (Å²) in [4.78, 5) is 2.95. The van der Waals surface area contributed by atoms with Crippen molar-refractivity contribution in [2.75, 3.05) is 0 Å². The first-order valence-electron chi connectivity index (χ1n) is 7.43. The van der Waals surface area contributed by atoms with E-state index in [2.05, 4.69) is 48.0 Å². The van der Waals surface area contributed by atoms with Crippen molar-refractivity contribution in [2.24, 2.45) is 0 Å². The van der Waals surface area contributed by atoms with Crippen molar-refractivity contribution in [3.63, 3.8) is 0 Å². The molecule has 1 aromatic carbocycles. The van der Waals surface area contributed by atoms with Crippen LogP contribution in [0.5, 0.6) is 0 Å². The highest BCUT2D eigenvalue weighted by Gasteiger charge is 2.11. The molecule has 0 unspecified atom stereocenters. The Kier molecular flexibility index (Phi) is 4.54.